The maximum absolute atomic E-state index is 11.4. The van der Waals surface area contributed by atoms with Gasteiger partial charge in [0, 0.05) is 18.8 Å². The summed E-state index contributed by atoms with van der Waals surface area (Å²) < 4.78 is 0. The van der Waals surface area contributed by atoms with Crippen molar-refractivity contribution in [3.63, 3.8) is 0 Å². The van der Waals surface area contributed by atoms with Gasteiger partial charge in [-0.2, -0.15) is 0 Å². The second-order valence-electron chi connectivity index (χ2n) is 5.98. The summed E-state index contributed by atoms with van der Waals surface area (Å²) in [5.74, 6) is 0.282. The van der Waals surface area contributed by atoms with Crippen molar-refractivity contribution in [1.82, 2.24) is 15.3 Å². The number of hydrogen-bond donors (Lipinski definition) is 3. The quantitative estimate of drug-likeness (QED) is 0.788. The number of fused-ring (bicyclic) bond motifs is 1. The van der Waals surface area contributed by atoms with E-state index in [2.05, 4.69) is 22.2 Å². The molecule has 2 aromatic heterocycles. The lowest BCUT2D eigenvalue weighted by Crippen LogP contribution is -2.32. The van der Waals surface area contributed by atoms with Crippen LogP contribution in [0, 0.1) is 5.92 Å². The average molecular weight is 286 g/mol. The van der Waals surface area contributed by atoms with Gasteiger partial charge in [-0.3, -0.25) is 4.79 Å². The molecule has 1 atom stereocenters. The molecule has 5 nitrogen and oxygen atoms in total. The molecule has 0 spiro atoms. The summed E-state index contributed by atoms with van der Waals surface area (Å²) in [6.07, 6.45) is 7.16. The third-order valence-corrected chi connectivity index (χ3v) is 4.57. The largest absolute Gasteiger partial charge is 0.364 e. The Balaban J connectivity index is 1.78. The van der Waals surface area contributed by atoms with Crippen molar-refractivity contribution in [2.45, 2.75) is 45.2 Å². The number of carbonyl (C=O) groups is 1. The van der Waals surface area contributed by atoms with Crippen molar-refractivity contribution >= 4 is 16.9 Å². The number of nitrogens with one attached hydrogen (secondary N) is 2. The first kappa shape index (κ1) is 14.1. The number of aromatic nitrogens is 2. The number of H-pyrrole nitrogens is 1. The number of primary amides is 1. The van der Waals surface area contributed by atoms with Crippen LogP contribution in [-0.4, -0.2) is 21.9 Å². The minimum Gasteiger partial charge on any atom is -0.364 e. The van der Waals surface area contributed by atoms with Gasteiger partial charge >= 0.3 is 0 Å². The summed E-state index contributed by atoms with van der Waals surface area (Å²) >= 11 is 0. The number of nitrogens with zero attached hydrogens (tertiary/aromatic N) is 1. The Hall–Kier alpha value is -1.88. The molecule has 0 radical (unpaired) electrons. The van der Waals surface area contributed by atoms with E-state index in [0.29, 0.717) is 11.7 Å². The van der Waals surface area contributed by atoms with Crippen LogP contribution in [0.2, 0.25) is 0 Å². The molecule has 21 heavy (non-hydrogen) atoms. The molecule has 0 bridgehead atoms. The van der Waals surface area contributed by atoms with Gasteiger partial charge in [-0.15, -0.1) is 0 Å². The average Bonchev–Trinajstić information content (AvgIpc) is 3.14. The fourth-order valence-corrected chi connectivity index (χ4v) is 3.27. The minimum absolute atomic E-state index is 0.326. The van der Waals surface area contributed by atoms with Crippen molar-refractivity contribution < 1.29 is 4.79 Å². The van der Waals surface area contributed by atoms with E-state index >= 15 is 0 Å². The van der Waals surface area contributed by atoms with Gasteiger partial charge in [0.1, 0.15) is 5.69 Å². The smallest absolute Gasteiger partial charge is 0.267 e. The predicted molar refractivity (Wildman–Crippen MR) is 82.9 cm³/mol. The summed E-state index contributed by atoms with van der Waals surface area (Å²) in [6, 6.07) is 4.14. The third kappa shape index (κ3) is 2.93. The van der Waals surface area contributed by atoms with Gasteiger partial charge in [0.05, 0.1) is 11.0 Å². The van der Waals surface area contributed by atoms with Gasteiger partial charge in [0.2, 0.25) is 0 Å². The lowest BCUT2D eigenvalue weighted by Gasteiger charge is -2.20. The van der Waals surface area contributed by atoms with E-state index in [1.54, 1.807) is 6.07 Å². The van der Waals surface area contributed by atoms with Crippen molar-refractivity contribution in [3.05, 3.63) is 29.6 Å². The summed E-state index contributed by atoms with van der Waals surface area (Å²) in [5, 5.41) is 3.59. The second kappa shape index (κ2) is 5.85. The molecule has 1 saturated carbocycles. The highest BCUT2D eigenvalue weighted by atomic mass is 16.1. The van der Waals surface area contributed by atoms with E-state index in [9.17, 15) is 4.79 Å². The van der Waals surface area contributed by atoms with Crippen LogP contribution in [0.25, 0.3) is 11.0 Å². The SMILES string of the molecule is C[C@H](NCc1cc(C(N)=O)nc2cc[nH]c12)C1CCCC1. The standard InChI is InChI=1S/C16H22N4O/c1-10(11-4-2-3-5-11)19-9-12-8-14(16(17)21)20-13-6-7-18-15(12)13/h6-8,10-11,18-19H,2-5,9H2,1H3,(H2,17,21)/t10-/m0/s1. The first-order chi connectivity index (χ1) is 10.1. The second-order valence-corrected chi connectivity index (χ2v) is 5.98. The van der Waals surface area contributed by atoms with Crippen LogP contribution in [0.4, 0.5) is 0 Å². The number of pyridine rings is 1. The van der Waals surface area contributed by atoms with Crippen LogP contribution < -0.4 is 11.1 Å². The number of nitrogens with two attached hydrogens (primary N) is 1. The molecule has 0 saturated heterocycles. The fraction of sp³-hybridized carbons (Fsp3) is 0.500. The molecule has 112 valence electrons. The number of amides is 1. The van der Waals surface area contributed by atoms with E-state index in [1.165, 1.54) is 25.7 Å². The molecule has 1 aliphatic carbocycles. The van der Waals surface area contributed by atoms with Gasteiger partial charge in [0.15, 0.2) is 0 Å². The first-order valence-electron chi connectivity index (χ1n) is 7.65. The van der Waals surface area contributed by atoms with E-state index in [4.69, 9.17) is 5.73 Å². The predicted octanol–water partition coefficient (Wildman–Crippen LogP) is 2.33. The highest BCUT2D eigenvalue weighted by Gasteiger charge is 2.21. The molecule has 0 aliphatic heterocycles. The lowest BCUT2D eigenvalue weighted by molar-refractivity contribution is 0.0996. The Morgan fingerprint density at radius 2 is 2.29 bits per heavy atom. The van der Waals surface area contributed by atoms with Crippen LogP contribution in [0.15, 0.2) is 18.3 Å². The molecule has 1 aliphatic rings. The molecule has 1 fully saturated rings. The Kier molecular flexibility index (Phi) is 3.92. The maximum Gasteiger partial charge on any atom is 0.267 e. The van der Waals surface area contributed by atoms with E-state index < -0.39 is 5.91 Å². The van der Waals surface area contributed by atoms with Crippen LogP contribution in [0.3, 0.4) is 0 Å². The number of carbonyl (C=O) groups excluding carboxylic acids is 1. The Morgan fingerprint density at radius 3 is 3.00 bits per heavy atom. The molecule has 3 rings (SSSR count). The highest BCUT2D eigenvalue weighted by Crippen LogP contribution is 2.28. The normalized spacial score (nSPS) is 17.4. The van der Waals surface area contributed by atoms with Crippen LogP contribution in [-0.2, 0) is 6.54 Å². The first-order valence-corrected chi connectivity index (χ1v) is 7.65. The molecular weight excluding hydrogens is 264 g/mol. The molecule has 2 heterocycles. The molecule has 5 heteroatoms. The van der Waals surface area contributed by atoms with E-state index in [0.717, 1.165) is 29.1 Å². The van der Waals surface area contributed by atoms with Gasteiger partial charge in [-0.1, -0.05) is 12.8 Å². The zero-order valence-electron chi connectivity index (χ0n) is 12.4. The summed E-state index contributed by atoms with van der Waals surface area (Å²) in [6.45, 7) is 2.97. The van der Waals surface area contributed by atoms with Crippen molar-refractivity contribution in [2.75, 3.05) is 0 Å². The molecule has 0 unspecified atom stereocenters. The van der Waals surface area contributed by atoms with Crippen molar-refractivity contribution in [2.24, 2.45) is 11.7 Å². The Labute approximate surface area is 124 Å². The van der Waals surface area contributed by atoms with Crippen molar-refractivity contribution in [3.8, 4) is 0 Å². The van der Waals surface area contributed by atoms with Crippen LogP contribution >= 0.6 is 0 Å². The molecule has 1 amide bonds. The zero-order chi connectivity index (χ0) is 14.8. The maximum atomic E-state index is 11.4. The summed E-state index contributed by atoms with van der Waals surface area (Å²) in [4.78, 5) is 18.9. The van der Waals surface area contributed by atoms with E-state index in [-0.39, 0.29) is 0 Å². The van der Waals surface area contributed by atoms with Gasteiger partial charge in [0.25, 0.3) is 5.91 Å². The number of aromatic amines is 1. The summed E-state index contributed by atoms with van der Waals surface area (Å²) in [7, 11) is 0. The Bertz CT molecular complexity index is 643. The van der Waals surface area contributed by atoms with Gasteiger partial charge in [-0.05, 0) is 43.4 Å². The molecule has 2 aromatic rings. The number of hydrogen-bond acceptors (Lipinski definition) is 3. The lowest BCUT2D eigenvalue weighted by atomic mass is 9.99. The molecule has 0 aromatic carbocycles. The van der Waals surface area contributed by atoms with E-state index in [1.807, 2.05) is 12.3 Å². The fourth-order valence-electron chi connectivity index (χ4n) is 3.27. The van der Waals surface area contributed by atoms with Crippen molar-refractivity contribution in [1.29, 1.82) is 0 Å². The summed E-state index contributed by atoms with van der Waals surface area (Å²) in [5.41, 5.74) is 8.50. The van der Waals surface area contributed by atoms with Gasteiger partial charge < -0.3 is 16.0 Å². The van der Waals surface area contributed by atoms with Crippen LogP contribution in [0.5, 0.6) is 0 Å². The topological polar surface area (TPSA) is 83.8 Å². The highest BCUT2D eigenvalue weighted by molar-refractivity contribution is 5.94. The molecular formula is C16H22N4O. The minimum atomic E-state index is -0.483. The molecule has 4 N–H and O–H groups in total. The van der Waals surface area contributed by atoms with Gasteiger partial charge in [-0.25, -0.2) is 4.98 Å². The Morgan fingerprint density at radius 1 is 1.52 bits per heavy atom. The number of rotatable bonds is 5. The third-order valence-electron chi connectivity index (χ3n) is 4.57. The zero-order valence-corrected chi connectivity index (χ0v) is 12.4. The monoisotopic (exact) mass is 286 g/mol. The van der Waals surface area contributed by atoms with Crippen LogP contribution in [0.1, 0.15) is 48.7 Å².